The molecule has 2 unspecified atom stereocenters. The summed E-state index contributed by atoms with van der Waals surface area (Å²) < 4.78 is 14.0. The van der Waals surface area contributed by atoms with Gasteiger partial charge in [-0.3, -0.25) is 4.79 Å². The first-order valence-corrected chi connectivity index (χ1v) is 8.82. The van der Waals surface area contributed by atoms with E-state index in [4.69, 9.17) is 5.26 Å². The molecule has 2 aromatic carbocycles. The van der Waals surface area contributed by atoms with Gasteiger partial charge in [0.05, 0.1) is 17.7 Å². The van der Waals surface area contributed by atoms with Crippen molar-refractivity contribution >= 4 is 17.3 Å². The zero-order chi connectivity index (χ0) is 18.8. The summed E-state index contributed by atoms with van der Waals surface area (Å²) in [5.74, 6) is -0.261. The Morgan fingerprint density at radius 1 is 1.27 bits per heavy atom. The van der Waals surface area contributed by atoms with Gasteiger partial charge in [-0.05, 0) is 48.9 Å². The van der Waals surface area contributed by atoms with Gasteiger partial charge in [-0.15, -0.1) is 0 Å². The molecule has 1 amide bonds. The molecule has 2 aromatic rings. The molecule has 0 bridgehead atoms. The Morgan fingerprint density at radius 2 is 1.96 bits per heavy atom. The SMILES string of the molecule is CCC1[C@H](C)C(Nc2ccc(C#N)cc2)c2cc(F)ccc2N1C(C)=O. The molecular formula is C21H22FN3O. The normalized spacial score (nSPS) is 21.7. The lowest BCUT2D eigenvalue weighted by Gasteiger charge is -2.45. The highest BCUT2D eigenvalue weighted by molar-refractivity contribution is 5.94. The van der Waals surface area contributed by atoms with E-state index in [0.717, 1.165) is 23.4 Å². The molecule has 3 atom stereocenters. The second kappa shape index (κ2) is 7.17. The number of amides is 1. The zero-order valence-electron chi connectivity index (χ0n) is 15.2. The predicted molar refractivity (Wildman–Crippen MR) is 100 cm³/mol. The molecule has 3 rings (SSSR count). The number of anilines is 2. The van der Waals surface area contributed by atoms with Crippen LogP contribution < -0.4 is 10.2 Å². The number of nitriles is 1. The van der Waals surface area contributed by atoms with Gasteiger partial charge in [-0.1, -0.05) is 13.8 Å². The number of rotatable bonds is 3. The van der Waals surface area contributed by atoms with Crippen LogP contribution in [0.5, 0.6) is 0 Å². The molecule has 0 saturated heterocycles. The second-order valence-corrected chi connectivity index (χ2v) is 6.74. The Morgan fingerprint density at radius 3 is 2.54 bits per heavy atom. The van der Waals surface area contributed by atoms with Gasteiger partial charge in [-0.2, -0.15) is 5.26 Å². The Labute approximate surface area is 153 Å². The lowest BCUT2D eigenvalue weighted by Crippen LogP contribution is -2.49. The van der Waals surface area contributed by atoms with Crippen molar-refractivity contribution in [3.8, 4) is 6.07 Å². The monoisotopic (exact) mass is 351 g/mol. The van der Waals surface area contributed by atoms with Crippen molar-refractivity contribution in [1.82, 2.24) is 0 Å². The van der Waals surface area contributed by atoms with Gasteiger partial charge in [0.15, 0.2) is 0 Å². The molecule has 0 aromatic heterocycles. The fourth-order valence-corrected chi connectivity index (χ4v) is 3.90. The lowest BCUT2D eigenvalue weighted by atomic mass is 9.80. The fourth-order valence-electron chi connectivity index (χ4n) is 3.90. The summed E-state index contributed by atoms with van der Waals surface area (Å²) in [6.45, 7) is 5.69. The number of carbonyl (C=O) groups is 1. The maximum Gasteiger partial charge on any atom is 0.224 e. The summed E-state index contributed by atoms with van der Waals surface area (Å²) in [5, 5.41) is 12.4. The van der Waals surface area contributed by atoms with Crippen LogP contribution in [0, 0.1) is 23.1 Å². The van der Waals surface area contributed by atoms with Crippen molar-refractivity contribution in [2.75, 3.05) is 10.2 Å². The zero-order valence-corrected chi connectivity index (χ0v) is 15.2. The molecule has 4 nitrogen and oxygen atoms in total. The van der Waals surface area contributed by atoms with Gasteiger partial charge in [0.2, 0.25) is 5.91 Å². The summed E-state index contributed by atoms with van der Waals surface area (Å²) in [7, 11) is 0. The van der Waals surface area contributed by atoms with Crippen molar-refractivity contribution in [2.45, 2.75) is 39.3 Å². The minimum absolute atomic E-state index is 0.0290. The van der Waals surface area contributed by atoms with Gasteiger partial charge in [0.1, 0.15) is 5.82 Å². The van der Waals surface area contributed by atoms with E-state index < -0.39 is 0 Å². The Hall–Kier alpha value is -2.87. The van der Waals surface area contributed by atoms with E-state index in [1.54, 1.807) is 30.0 Å². The predicted octanol–water partition coefficient (Wildman–Crippen LogP) is 4.63. The molecule has 1 heterocycles. The van der Waals surface area contributed by atoms with Crippen LogP contribution in [0.25, 0.3) is 0 Å². The number of fused-ring (bicyclic) bond motifs is 1. The van der Waals surface area contributed by atoms with E-state index in [1.807, 2.05) is 12.1 Å². The molecule has 0 aliphatic carbocycles. The topological polar surface area (TPSA) is 56.1 Å². The number of nitrogens with one attached hydrogen (secondary N) is 1. The molecule has 0 spiro atoms. The highest BCUT2D eigenvalue weighted by Gasteiger charge is 2.39. The van der Waals surface area contributed by atoms with E-state index in [1.165, 1.54) is 12.1 Å². The van der Waals surface area contributed by atoms with Gasteiger partial charge in [0.25, 0.3) is 0 Å². The molecule has 134 valence electrons. The van der Waals surface area contributed by atoms with Crippen LogP contribution in [0.3, 0.4) is 0 Å². The van der Waals surface area contributed by atoms with E-state index in [9.17, 15) is 9.18 Å². The quantitative estimate of drug-likeness (QED) is 0.877. The van der Waals surface area contributed by atoms with Gasteiger partial charge < -0.3 is 10.2 Å². The highest BCUT2D eigenvalue weighted by Crippen LogP contribution is 2.43. The minimum Gasteiger partial charge on any atom is -0.378 e. The first-order chi connectivity index (χ1) is 12.5. The third kappa shape index (κ3) is 3.15. The first kappa shape index (κ1) is 17.9. The molecule has 1 N–H and O–H groups in total. The van der Waals surface area contributed by atoms with Crippen molar-refractivity contribution in [3.63, 3.8) is 0 Å². The maximum atomic E-state index is 14.0. The largest absolute Gasteiger partial charge is 0.378 e. The number of carbonyl (C=O) groups excluding carboxylic acids is 1. The van der Waals surface area contributed by atoms with Gasteiger partial charge >= 0.3 is 0 Å². The highest BCUT2D eigenvalue weighted by atomic mass is 19.1. The van der Waals surface area contributed by atoms with Crippen LogP contribution in [0.1, 0.15) is 44.4 Å². The molecule has 0 saturated carbocycles. The number of halogens is 1. The van der Waals surface area contributed by atoms with Crippen LogP contribution in [0.4, 0.5) is 15.8 Å². The van der Waals surface area contributed by atoms with E-state index >= 15 is 0 Å². The third-order valence-electron chi connectivity index (χ3n) is 5.14. The summed E-state index contributed by atoms with van der Waals surface area (Å²) in [6, 6.07) is 13.8. The van der Waals surface area contributed by atoms with Crippen molar-refractivity contribution in [1.29, 1.82) is 5.26 Å². The standard InChI is InChI=1S/C21H22FN3O/c1-4-19-13(2)21(24-17-8-5-15(12-23)6-9-17)18-11-16(22)7-10-20(18)25(19)14(3)26/h5-11,13,19,21,24H,4H2,1-3H3/t13-,19?,21?/m0/s1. The van der Waals surface area contributed by atoms with Gasteiger partial charge in [-0.25, -0.2) is 4.39 Å². The molecule has 26 heavy (non-hydrogen) atoms. The minimum atomic E-state index is -0.318. The van der Waals surface area contributed by atoms with Crippen LogP contribution in [0.2, 0.25) is 0 Å². The number of hydrogen-bond acceptors (Lipinski definition) is 3. The number of hydrogen-bond donors (Lipinski definition) is 1. The van der Waals surface area contributed by atoms with E-state index in [2.05, 4.69) is 25.2 Å². The Kier molecular flexibility index (Phi) is 4.94. The van der Waals surface area contributed by atoms with Gasteiger partial charge in [0, 0.05) is 35.8 Å². The van der Waals surface area contributed by atoms with Crippen molar-refractivity contribution in [3.05, 3.63) is 59.4 Å². The molecule has 0 radical (unpaired) electrons. The first-order valence-electron chi connectivity index (χ1n) is 8.82. The van der Waals surface area contributed by atoms with Crippen molar-refractivity contribution < 1.29 is 9.18 Å². The number of benzene rings is 2. The Bertz CT molecular complexity index is 857. The smallest absolute Gasteiger partial charge is 0.224 e. The van der Waals surface area contributed by atoms with Crippen LogP contribution >= 0.6 is 0 Å². The van der Waals surface area contributed by atoms with E-state index in [-0.39, 0.29) is 29.7 Å². The molecule has 1 aliphatic heterocycles. The molecule has 1 aliphatic rings. The maximum absolute atomic E-state index is 14.0. The lowest BCUT2D eigenvalue weighted by molar-refractivity contribution is -0.117. The van der Waals surface area contributed by atoms with Crippen molar-refractivity contribution in [2.24, 2.45) is 5.92 Å². The summed E-state index contributed by atoms with van der Waals surface area (Å²) in [5.41, 5.74) is 2.99. The Balaban J connectivity index is 2.05. The third-order valence-corrected chi connectivity index (χ3v) is 5.14. The molecule has 5 heteroatoms. The molecular weight excluding hydrogens is 329 g/mol. The summed E-state index contributed by atoms with van der Waals surface area (Å²) >= 11 is 0. The van der Waals surface area contributed by atoms with Crippen LogP contribution in [-0.4, -0.2) is 11.9 Å². The average molecular weight is 351 g/mol. The fraction of sp³-hybridized carbons (Fsp3) is 0.333. The molecule has 0 fully saturated rings. The van der Waals surface area contributed by atoms with Crippen LogP contribution in [-0.2, 0) is 4.79 Å². The summed E-state index contributed by atoms with van der Waals surface area (Å²) in [6.07, 6.45) is 0.809. The second-order valence-electron chi connectivity index (χ2n) is 6.74. The number of nitrogens with zero attached hydrogens (tertiary/aromatic N) is 2. The van der Waals surface area contributed by atoms with Crippen LogP contribution in [0.15, 0.2) is 42.5 Å². The average Bonchev–Trinajstić information content (AvgIpc) is 2.63. The van der Waals surface area contributed by atoms with E-state index in [0.29, 0.717) is 5.56 Å². The summed E-state index contributed by atoms with van der Waals surface area (Å²) in [4.78, 5) is 14.1.